The summed E-state index contributed by atoms with van der Waals surface area (Å²) >= 11 is 0. The van der Waals surface area contributed by atoms with Crippen molar-refractivity contribution in [1.82, 2.24) is 0 Å². The first-order chi connectivity index (χ1) is 11.1. The topological polar surface area (TPSA) is 54.9 Å². The summed E-state index contributed by atoms with van der Waals surface area (Å²) in [6.45, 7) is 5.07. The molecule has 0 bridgehead atoms. The van der Waals surface area contributed by atoms with Gasteiger partial charge in [-0.25, -0.2) is 4.79 Å². The van der Waals surface area contributed by atoms with Crippen molar-refractivity contribution >= 4 is 11.0 Å². The fourth-order valence-electron chi connectivity index (χ4n) is 4.27. The molecule has 0 spiro atoms. The van der Waals surface area contributed by atoms with Gasteiger partial charge in [0.05, 0.1) is 13.1 Å². The van der Waals surface area contributed by atoms with Gasteiger partial charge in [0.25, 0.3) is 0 Å². The van der Waals surface area contributed by atoms with E-state index in [0.29, 0.717) is 16.9 Å². The van der Waals surface area contributed by atoms with E-state index in [1.54, 1.807) is 4.90 Å². The molecule has 2 aromatic rings. The molecule has 1 aromatic heterocycles. The monoisotopic (exact) mass is 314 g/mol. The number of likely N-dealkylation sites (tertiary alicyclic amines) is 1. The third kappa shape index (κ3) is 2.45. The molecule has 4 heteroatoms. The molecule has 0 unspecified atom stereocenters. The van der Waals surface area contributed by atoms with Gasteiger partial charge in [-0.3, -0.25) is 0 Å². The molecule has 1 saturated heterocycles. The van der Waals surface area contributed by atoms with Gasteiger partial charge in [0.15, 0.2) is 0 Å². The maximum atomic E-state index is 12.1. The minimum absolute atomic E-state index is 0.220. The molecule has 2 aliphatic rings. The van der Waals surface area contributed by atoms with Crippen molar-refractivity contribution in [2.45, 2.75) is 52.0 Å². The highest BCUT2D eigenvalue weighted by Crippen LogP contribution is 2.35. The van der Waals surface area contributed by atoms with Crippen molar-refractivity contribution in [1.29, 1.82) is 0 Å². The smallest absolute Gasteiger partial charge is 0.339 e. The molecule has 2 N–H and O–H groups in total. The van der Waals surface area contributed by atoms with Crippen molar-refractivity contribution in [2.75, 3.05) is 13.1 Å². The Labute approximate surface area is 135 Å². The van der Waals surface area contributed by atoms with Crippen LogP contribution in [0.3, 0.4) is 0 Å². The number of rotatable bonds is 2. The summed E-state index contributed by atoms with van der Waals surface area (Å²) in [7, 11) is 0. The van der Waals surface area contributed by atoms with E-state index in [1.165, 1.54) is 32.4 Å². The molecule has 1 aliphatic carbocycles. The van der Waals surface area contributed by atoms with Gasteiger partial charge in [0.2, 0.25) is 0 Å². The van der Waals surface area contributed by atoms with Gasteiger partial charge in [-0.1, -0.05) is 0 Å². The molecular weight excluding hydrogens is 290 g/mol. The minimum atomic E-state index is -0.220. The number of aromatic hydroxyl groups is 1. The molecule has 1 fully saturated rings. The van der Waals surface area contributed by atoms with E-state index in [4.69, 9.17) is 4.42 Å². The number of benzene rings is 1. The van der Waals surface area contributed by atoms with E-state index in [1.807, 2.05) is 6.92 Å². The number of hydrogen-bond acceptors (Lipinski definition) is 3. The van der Waals surface area contributed by atoms with Crippen molar-refractivity contribution in [3.63, 3.8) is 0 Å². The standard InChI is InChI=1S/C19H23NO3/c1-12-17(21)13(11-20-8-3-2-4-9-20)10-16-14-6-5-7-15(14)19(22)23-18(12)16/h10,21H,2-9,11H2,1H3/p+1. The summed E-state index contributed by atoms with van der Waals surface area (Å²) in [6.07, 6.45) is 6.65. The summed E-state index contributed by atoms with van der Waals surface area (Å²) in [4.78, 5) is 13.7. The third-order valence-corrected chi connectivity index (χ3v) is 5.55. The average Bonchev–Trinajstić information content (AvgIpc) is 3.05. The van der Waals surface area contributed by atoms with E-state index in [-0.39, 0.29) is 5.63 Å². The second-order valence-electron chi connectivity index (χ2n) is 7.07. The maximum absolute atomic E-state index is 12.1. The Balaban J connectivity index is 1.84. The molecule has 122 valence electrons. The van der Waals surface area contributed by atoms with Gasteiger partial charge in [0, 0.05) is 22.1 Å². The predicted octanol–water partition coefficient (Wildman–Crippen LogP) is 1.86. The fourth-order valence-corrected chi connectivity index (χ4v) is 4.27. The Morgan fingerprint density at radius 3 is 2.65 bits per heavy atom. The Morgan fingerprint density at radius 1 is 1.13 bits per heavy atom. The molecule has 1 aliphatic heterocycles. The Kier molecular flexibility index (Phi) is 3.64. The van der Waals surface area contributed by atoms with Crippen molar-refractivity contribution in [3.8, 4) is 5.75 Å². The lowest BCUT2D eigenvalue weighted by molar-refractivity contribution is -0.918. The summed E-state index contributed by atoms with van der Waals surface area (Å²) in [6, 6.07) is 2.08. The van der Waals surface area contributed by atoms with Crippen molar-refractivity contribution < 1.29 is 14.4 Å². The van der Waals surface area contributed by atoms with Gasteiger partial charge in [-0.15, -0.1) is 0 Å². The lowest BCUT2D eigenvalue weighted by atomic mass is 9.99. The number of hydrogen-bond donors (Lipinski definition) is 2. The van der Waals surface area contributed by atoms with Crippen LogP contribution in [0.2, 0.25) is 0 Å². The van der Waals surface area contributed by atoms with Crippen LogP contribution >= 0.6 is 0 Å². The highest BCUT2D eigenvalue weighted by molar-refractivity contribution is 5.87. The fraction of sp³-hybridized carbons (Fsp3) is 0.526. The lowest BCUT2D eigenvalue weighted by Gasteiger charge is -2.24. The zero-order chi connectivity index (χ0) is 16.0. The first-order valence-electron chi connectivity index (χ1n) is 8.78. The summed E-state index contributed by atoms with van der Waals surface area (Å²) in [5.41, 5.74) is 4.05. The van der Waals surface area contributed by atoms with Crippen molar-refractivity contribution in [3.05, 3.63) is 38.7 Å². The minimum Gasteiger partial charge on any atom is -0.507 e. The normalized spacial score (nSPS) is 18.5. The quantitative estimate of drug-likeness (QED) is 0.832. The van der Waals surface area contributed by atoms with E-state index >= 15 is 0 Å². The number of phenolic OH excluding ortho intramolecular Hbond substituents is 1. The number of piperidine rings is 1. The Bertz CT molecular complexity index is 816. The molecule has 0 atom stereocenters. The molecule has 0 saturated carbocycles. The van der Waals surface area contributed by atoms with E-state index in [0.717, 1.165) is 47.9 Å². The van der Waals surface area contributed by atoms with Crippen LogP contribution in [0.4, 0.5) is 0 Å². The van der Waals surface area contributed by atoms with E-state index < -0.39 is 0 Å². The number of phenols is 1. The Hall–Kier alpha value is -1.81. The van der Waals surface area contributed by atoms with E-state index in [9.17, 15) is 9.90 Å². The van der Waals surface area contributed by atoms with Crippen LogP contribution in [-0.4, -0.2) is 18.2 Å². The van der Waals surface area contributed by atoms with Crippen LogP contribution in [-0.2, 0) is 19.4 Å². The first kappa shape index (κ1) is 14.8. The molecule has 2 heterocycles. The van der Waals surface area contributed by atoms with Gasteiger partial charge >= 0.3 is 5.63 Å². The molecular formula is C19H24NO3+. The number of aryl methyl sites for hydroxylation is 2. The second-order valence-corrected chi connectivity index (χ2v) is 7.07. The third-order valence-electron chi connectivity index (χ3n) is 5.55. The predicted molar refractivity (Wildman–Crippen MR) is 89.2 cm³/mol. The van der Waals surface area contributed by atoms with Crippen LogP contribution in [0, 0.1) is 6.92 Å². The van der Waals surface area contributed by atoms with Crippen LogP contribution in [0.25, 0.3) is 11.0 Å². The van der Waals surface area contributed by atoms with E-state index in [2.05, 4.69) is 6.07 Å². The maximum Gasteiger partial charge on any atom is 0.339 e. The van der Waals surface area contributed by atoms with Gasteiger partial charge < -0.3 is 14.4 Å². The van der Waals surface area contributed by atoms with Crippen LogP contribution < -0.4 is 10.5 Å². The van der Waals surface area contributed by atoms with Crippen LogP contribution in [0.1, 0.15) is 47.9 Å². The first-order valence-corrected chi connectivity index (χ1v) is 8.78. The summed E-state index contributed by atoms with van der Waals surface area (Å²) in [5, 5.41) is 11.6. The largest absolute Gasteiger partial charge is 0.507 e. The summed E-state index contributed by atoms with van der Waals surface area (Å²) in [5.74, 6) is 0.302. The zero-order valence-corrected chi connectivity index (χ0v) is 13.7. The summed E-state index contributed by atoms with van der Waals surface area (Å²) < 4.78 is 5.54. The molecule has 23 heavy (non-hydrogen) atoms. The average molecular weight is 314 g/mol. The van der Waals surface area contributed by atoms with Gasteiger partial charge in [-0.2, -0.15) is 0 Å². The van der Waals surface area contributed by atoms with Gasteiger partial charge in [0.1, 0.15) is 17.9 Å². The highest BCUT2D eigenvalue weighted by Gasteiger charge is 2.24. The van der Waals surface area contributed by atoms with Crippen LogP contribution in [0.5, 0.6) is 5.75 Å². The molecule has 4 nitrogen and oxygen atoms in total. The molecule has 4 rings (SSSR count). The number of fused-ring (bicyclic) bond motifs is 3. The Morgan fingerprint density at radius 2 is 1.87 bits per heavy atom. The highest BCUT2D eigenvalue weighted by atomic mass is 16.4. The number of nitrogens with one attached hydrogen (secondary N) is 1. The molecule has 0 radical (unpaired) electrons. The zero-order valence-electron chi connectivity index (χ0n) is 13.7. The molecule has 0 amide bonds. The number of quaternary nitrogens is 1. The van der Waals surface area contributed by atoms with Gasteiger partial charge in [-0.05, 0) is 57.1 Å². The lowest BCUT2D eigenvalue weighted by Crippen LogP contribution is -3.11. The molecule has 1 aromatic carbocycles. The van der Waals surface area contributed by atoms with Crippen molar-refractivity contribution in [2.24, 2.45) is 0 Å². The van der Waals surface area contributed by atoms with Crippen LogP contribution in [0.15, 0.2) is 15.3 Å². The SMILES string of the molecule is Cc1c(O)c(C[NH+]2CCCCC2)cc2c3c(c(=O)oc12)CCC3. The second kappa shape index (κ2) is 5.68.